The largest absolute Gasteiger partial charge is 0.476 e. The van der Waals surface area contributed by atoms with Crippen molar-refractivity contribution >= 4 is 17.8 Å². The van der Waals surface area contributed by atoms with Crippen molar-refractivity contribution in [2.75, 3.05) is 13.1 Å². The zero-order chi connectivity index (χ0) is 15.4. The topological polar surface area (TPSA) is 117 Å². The summed E-state index contributed by atoms with van der Waals surface area (Å²) in [6.07, 6.45) is 2.65. The minimum absolute atomic E-state index is 0.0366. The van der Waals surface area contributed by atoms with Gasteiger partial charge in [-0.25, -0.2) is 9.48 Å². The molecule has 0 aromatic carbocycles. The summed E-state index contributed by atoms with van der Waals surface area (Å²) in [5.74, 6) is -1.38. The fourth-order valence-electron chi connectivity index (χ4n) is 2.27. The lowest BCUT2D eigenvalue weighted by Gasteiger charge is -2.32. The van der Waals surface area contributed by atoms with E-state index in [0.717, 1.165) is 0 Å². The Bertz CT molecular complexity index is 548. The molecule has 0 atom stereocenters. The number of aromatic nitrogens is 3. The van der Waals surface area contributed by atoms with E-state index in [4.69, 9.17) is 5.11 Å². The van der Waals surface area contributed by atoms with Gasteiger partial charge in [0.15, 0.2) is 5.69 Å². The highest BCUT2D eigenvalue weighted by atomic mass is 16.4. The standard InChI is InChI=1S/C12H17N5O4/c1-8(18)13-9-2-4-16(5-3-9)11(19)7-17-6-10(12(20)21)14-15-17/h6,9H,2-5,7H2,1H3,(H,13,18)(H,20,21). The Kier molecular flexibility index (Phi) is 4.51. The van der Waals surface area contributed by atoms with Gasteiger partial charge < -0.3 is 15.3 Å². The summed E-state index contributed by atoms with van der Waals surface area (Å²) in [7, 11) is 0. The SMILES string of the molecule is CC(=O)NC1CCN(C(=O)Cn2cc(C(=O)O)nn2)CC1. The molecule has 2 rings (SSSR count). The van der Waals surface area contributed by atoms with E-state index >= 15 is 0 Å². The molecule has 1 aromatic heterocycles. The van der Waals surface area contributed by atoms with Gasteiger partial charge in [0.05, 0.1) is 6.20 Å². The average Bonchev–Trinajstić information content (AvgIpc) is 2.87. The minimum Gasteiger partial charge on any atom is -0.476 e. The van der Waals surface area contributed by atoms with Gasteiger partial charge in [0.1, 0.15) is 6.54 Å². The fraction of sp³-hybridized carbons (Fsp3) is 0.583. The zero-order valence-corrected chi connectivity index (χ0v) is 11.7. The molecule has 9 nitrogen and oxygen atoms in total. The molecule has 1 fully saturated rings. The molecule has 0 spiro atoms. The first-order chi connectivity index (χ1) is 9.95. The Morgan fingerprint density at radius 3 is 2.57 bits per heavy atom. The van der Waals surface area contributed by atoms with Gasteiger partial charge in [0.2, 0.25) is 11.8 Å². The average molecular weight is 295 g/mol. The molecule has 0 aliphatic carbocycles. The van der Waals surface area contributed by atoms with Crippen LogP contribution in [0.5, 0.6) is 0 Å². The molecular formula is C12H17N5O4. The lowest BCUT2D eigenvalue weighted by molar-refractivity contribution is -0.133. The maximum absolute atomic E-state index is 12.1. The van der Waals surface area contributed by atoms with Crippen molar-refractivity contribution in [3.05, 3.63) is 11.9 Å². The van der Waals surface area contributed by atoms with Crippen molar-refractivity contribution in [3.63, 3.8) is 0 Å². The maximum Gasteiger partial charge on any atom is 0.358 e. The molecule has 2 N–H and O–H groups in total. The van der Waals surface area contributed by atoms with Crippen LogP contribution in [0.1, 0.15) is 30.3 Å². The molecule has 0 radical (unpaired) electrons. The van der Waals surface area contributed by atoms with E-state index in [-0.39, 0.29) is 30.1 Å². The molecule has 9 heteroatoms. The van der Waals surface area contributed by atoms with Crippen molar-refractivity contribution in [2.45, 2.75) is 32.4 Å². The van der Waals surface area contributed by atoms with E-state index in [1.807, 2.05) is 0 Å². The highest BCUT2D eigenvalue weighted by molar-refractivity contribution is 5.84. The monoisotopic (exact) mass is 295 g/mol. The van der Waals surface area contributed by atoms with Crippen LogP contribution < -0.4 is 5.32 Å². The third-order valence-electron chi connectivity index (χ3n) is 3.31. The maximum atomic E-state index is 12.1. The van der Waals surface area contributed by atoms with Gasteiger partial charge in [-0.1, -0.05) is 5.21 Å². The fourth-order valence-corrected chi connectivity index (χ4v) is 2.27. The number of likely N-dealkylation sites (tertiary alicyclic amines) is 1. The molecule has 0 saturated carbocycles. The van der Waals surface area contributed by atoms with E-state index in [9.17, 15) is 14.4 Å². The number of nitrogens with zero attached hydrogens (tertiary/aromatic N) is 4. The van der Waals surface area contributed by atoms with Gasteiger partial charge in [-0.05, 0) is 12.8 Å². The molecule has 0 unspecified atom stereocenters. The summed E-state index contributed by atoms with van der Waals surface area (Å²) in [6.45, 7) is 2.56. The van der Waals surface area contributed by atoms with Crippen molar-refractivity contribution in [1.29, 1.82) is 0 Å². The van der Waals surface area contributed by atoms with Crippen LogP contribution in [-0.4, -0.2) is 61.9 Å². The minimum atomic E-state index is -1.18. The van der Waals surface area contributed by atoms with Crippen LogP contribution in [0.4, 0.5) is 0 Å². The lowest BCUT2D eigenvalue weighted by atomic mass is 10.1. The molecule has 1 aliphatic heterocycles. The molecule has 0 bridgehead atoms. The number of carbonyl (C=O) groups excluding carboxylic acids is 2. The Morgan fingerprint density at radius 2 is 2.05 bits per heavy atom. The van der Waals surface area contributed by atoms with Crippen molar-refractivity contribution < 1.29 is 19.5 Å². The second-order valence-electron chi connectivity index (χ2n) is 4.96. The predicted molar refractivity (Wildman–Crippen MR) is 70.4 cm³/mol. The van der Waals surface area contributed by atoms with Crippen LogP contribution in [0.2, 0.25) is 0 Å². The highest BCUT2D eigenvalue weighted by Gasteiger charge is 2.23. The van der Waals surface area contributed by atoms with Gasteiger partial charge in [-0.2, -0.15) is 0 Å². The van der Waals surface area contributed by atoms with E-state index < -0.39 is 5.97 Å². The van der Waals surface area contributed by atoms with Crippen molar-refractivity contribution in [2.24, 2.45) is 0 Å². The third kappa shape index (κ3) is 4.01. The summed E-state index contributed by atoms with van der Waals surface area (Å²) in [5, 5.41) is 18.6. The number of carboxylic acid groups (broad SMARTS) is 1. The Morgan fingerprint density at radius 1 is 1.38 bits per heavy atom. The van der Waals surface area contributed by atoms with Crippen LogP contribution in [0.15, 0.2) is 6.20 Å². The molecule has 2 heterocycles. The summed E-state index contributed by atoms with van der Waals surface area (Å²) in [5.41, 5.74) is -0.188. The molecule has 1 saturated heterocycles. The number of carbonyl (C=O) groups is 3. The van der Waals surface area contributed by atoms with Crippen LogP contribution in [0.25, 0.3) is 0 Å². The number of piperidine rings is 1. The zero-order valence-electron chi connectivity index (χ0n) is 11.7. The van der Waals surface area contributed by atoms with E-state index in [0.29, 0.717) is 25.9 Å². The number of rotatable bonds is 4. The number of amides is 2. The van der Waals surface area contributed by atoms with Gasteiger partial charge in [-0.15, -0.1) is 5.10 Å². The number of nitrogens with one attached hydrogen (secondary N) is 1. The number of hydrogen-bond donors (Lipinski definition) is 2. The Labute approximate surface area is 120 Å². The summed E-state index contributed by atoms with van der Waals surface area (Å²) in [4.78, 5) is 35.4. The van der Waals surface area contributed by atoms with E-state index in [1.54, 1.807) is 4.90 Å². The summed E-state index contributed by atoms with van der Waals surface area (Å²) in [6, 6.07) is 0.108. The molecule has 1 aromatic rings. The Hall–Kier alpha value is -2.45. The number of aromatic carboxylic acids is 1. The van der Waals surface area contributed by atoms with Crippen LogP contribution in [0, 0.1) is 0 Å². The molecule has 21 heavy (non-hydrogen) atoms. The third-order valence-corrected chi connectivity index (χ3v) is 3.31. The van der Waals surface area contributed by atoms with Gasteiger partial charge in [0.25, 0.3) is 0 Å². The number of carboxylic acids is 1. The van der Waals surface area contributed by atoms with Gasteiger partial charge in [-0.3, -0.25) is 9.59 Å². The smallest absolute Gasteiger partial charge is 0.358 e. The lowest BCUT2D eigenvalue weighted by Crippen LogP contribution is -2.46. The summed E-state index contributed by atoms with van der Waals surface area (Å²) >= 11 is 0. The predicted octanol–water partition coefficient (Wildman–Crippen LogP) is -0.897. The molecule has 1 aliphatic rings. The first-order valence-corrected chi connectivity index (χ1v) is 6.64. The van der Waals surface area contributed by atoms with E-state index in [1.165, 1.54) is 17.8 Å². The first-order valence-electron chi connectivity index (χ1n) is 6.64. The van der Waals surface area contributed by atoms with Crippen LogP contribution in [-0.2, 0) is 16.1 Å². The summed E-state index contributed by atoms with van der Waals surface area (Å²) < 4.78 is 1.21. The van der Waals surface area contributed by atoms with Crippen molar-refractivity contribution in [3.8, 4) is 0 Å². The normalized spacial score (nSPS) is 15.8. The Balaban J connectivity index is 1.84. The quantitative estimate of drug-likeness (QED) is 0.743. The van der Waals surface area contributed by atoms with Crippen LogP contribution in [0.3, 0.4) is 0 Å². The molecular weight excluding hydrogens is 278 g/mol. The molecule has 2 amide bonds. The first kappa shape index (κ1) is 14.9. The molecule has 114 valence electrons. The highest BCUT2D eigenvalue weighted by Crippen LogP contribution is 2.11. The second kappa shape index (κ2) is 6.33. The van der Waals surface area contributed by atoms with Crippen LogP contribution >= 0.6 is 0 Å². The van der Waals surface area contributed by atoms with Gasteiger partial charge >= 0.3 is 5.97 Å². The van der Waals surface area contributed by atoms with Crippen molar-refractivity contribution in [1.82, 2.24) is 25.2 Å². The number of hydrogen-bond acceptors (Lipinski definition) is 5. The van der Waals surface area contributed by atoms with E-state index in [2.05, 4.69) is 15.6 Å². The van der Waals surface area contributed by atoms with Gasteiger partial charge in [0, 0.05) is 26.1 Å². The second-order valence-corrected chi connectivity index (χ2v) is 4.96.